The van der Waals surface area contributed by atoms with Gasteiger partial charge in [-0.15, -0.1) is 0 Å². The van der Waals surface area contributed by atoms with Crippen molar-refractivity contribution in [3.8, 4) is 5.75 Å². The van der Waals surface area contributed by atoms with Crippen molar-refractivity contribution in [1.82, 2.24) is 9.88 Å². The van der Waals surface area contributed by atoms with Gasteiger partial charge in [-0.2, -0.15) is 0 Å². The maximum atomic E-state index is 5.46. The van der Waals surface area contributed by atoms with Gasteiger partial charge in [0.05, 0.1) is 7.11 Å². The summed E-state index contributed by atoms with van der Waals surface area (Å²) in [6.07, 6.45) is 6.28. The smallest absolute Gasteiger partial charge is 0.123 e. The van der Waals surface area contributed by atoms with E-state index in [0.29, 0.717) is 6.04 Å². The van der Waals surface area contributed by atoms with E-state index < -0.39 is 0 Å². The summed E-state index contributed by atoms with van der Waals surface area (Å²) in [7, 11) is 1.74. The fraction of sp³-hybridized carbons (Fsp3) is 0.353. The van der Waals surface area contributed by atoms with E-state index in [0.717, 1.165) is 18.8 Å². The fourth-order valence-electron chi connectivity index (χ4n) is 3.02. The normalized spacial score (nSPS) is 19.1. The second-order valence-corrected chi connectivity index (χ2v) is 5.23. The Morgan fingerprint density at radius 1 is 1.25 bits per heavy atom. The molecule has 1 aliphatic rings. The summed E-state index contributed by atoms with van der Waals surface area (Å²) in [6, 6.07) is 13.0. The third kappa shape index (κ3) is 2.68. The third-order valence-corrected chi connectivity index (χ3v) is 4.00. The highest BCUT2D eigenvalue weighted by Gasteiger charge is 2.26. The maximum absolute atomic E-state index is 5.46. The van der Waals surface area contributed by atoms with Crippen LogP contribution in [0.3, 0.4) is 0 Å². The largest absolute Gasteiger partial charge is 0.496 e. The summed E-state index contributed by atoms with van der Waals surface area (Å²) >= 11 is 0. The van der Waals surface area contributed by atoms with Crippen LogP contribution < -0.4 is 4.74 Å². The van der Waals surface area contributed by atoms with E-state index in [4.69, 9.17) is 4.74 Å². The summed E-state index contributed by atoms with van der Waals surface area (Å²) in [5.74, 6) is 0.976. The number of methoxy groups -OCH3 is 1. The van der Waals surface area contributed by atoms with Gasteiger partial charge in [-0.3, -0.25) is 9.88 Å². The van der Waals surface area contributed by atoms with Crippen LogP contribution in [0.4, 0.5) is 0 Å². The molecule has 0 aliphatic carbocycles. The van der Waals surface area contributed by atoms with Crippen LogP contribution in [0.25, 0.3) is 0 Å². The van der Waals surface area contributed by atoms with Gasteiger partial charge in [0.15, 0.2) is 0 Å². The Labute approximate surface area is 120 Å². The van der Waals surface area contributed by atoms with Crippen molar-refractivity contribution < 1.29 is 4.74 Å². The highest BCUT2D eigenvalue weighted by molar-refractivity contribution is 5.33. The van der Waals surface area contributed by atoms with Crippen molar-refractivity contribution in [2.45, 2.75) is 25.4 Å². The summed E-state index contributed by atoms with van der Waals surface area (Å²) in [5.41, 5.74) is 2.57. The van der Waals surface area contributed by atoms with Gasteiger partial charge in [-0.05, 0) is 37.1 Å². The molecule has 0 N–H and O–H groups in total. The minimum atomic E-state index is 0.480. The van der Waals surface area contributed by atoms with Crippen LogP contribution in [0, 0.1) is 0 Å². The molecule has 0 amide bonds. The molecule has 3 nitrogen and oxygen atoms in total. The number of benzene rings is 1. The summed E-state index contributed by atoms with van der Waals surface area (Å²) in [4.78, 5) is 6.78. The number of ether oxygens (including phenoxy) is 1. The Balaban J connectivity index is 1.79. The quantitative estimate of drug-likeness (QED) is 0.849. The van der Waals surface area contributed by atoms with Crippen molar-refractivity contribution in [2.24, 2.45) is 0 Å². The molecule has 1 aromatic carbocycles. The van der Waals surface area contributed by atoms with E-state index in [2.05, 4.69) is 28.1 Å². The second-order valence-electron chi connectivity index (χ2n) is 5.23. The number of para-hydroxylation sites is 1. The number of likely N-dealkylation sites (tertiary alicyclic amines) is 1. The standard InChI is InChI=1S/C17H20N2O/c1-20-17-9-3-2-6-15(17)13-19-11-5-8-16(19)14-7-4-10-18-12-14/h2-4,6-7,9-10,12,16H,5,8,11,13H2,1H3. The highest BCUT2D eigenvalue weighted by atomic mass is 16.5. The topological polar surface area (TPSA) is 25.4 Å². The van der Waals surface area contributed by atoms with Gasteiger partial charge in [0.1, 0.15) is 5.75 Å². The van der Waals surface area contributed by atoms with Gasteiger partial charge >= 0.3 is 0 Å². The monoisotopic (exact) mass is 268 g/mol. The predicted molar refractivity (Wildman–Crippen MR) is 79.6 cm³/mol. The Hall–Kier alpha value is -1.87. The van der Waals surface area contributed by atoms with E-state index >= 15 is 0 Å². The summed E-state index contributed by atoms with van der Waals surface area (Å²) < 4.78 is 5.46. The van der Waals surface area contributed by atoms with Crippen LogP contribution in [-0.2, 0) is 6.54 Å². The van der Waals surface area contributed by atoms with Crippen molar-refractivity contribution in [2.75, 3.05) is 13.7 Å². The Bertz CT molecular complexity index is 556. The number of hydrogen-bond donors (Lipinski definition) is 0. The molecule has 1 aromatic heterocycles. The third-order valence-electron chi connectivity index (χ3n) is 4.00. The van der Waals surface area contributed by atoms with Crippen LogP contribution >= 0.6 is 0 Å². The van der Waals surface area contributed by atoms with Crippen molar-refractivity contribution >= 4 is 0 Å². The lowest BCUT2D eigenvalue weighted by atomic mass is 10.1. The lowest BCUT2D eigenvalue weighted by molar-refractivity contribution is 0.244. The van der Waals surface area contributed by atoms with E-state index in [1.165, 1.54) is 24.0 Å². The molecular weight excluding hydrogens is 248 g/mol. The molecule has 0 spiro atoms. The van der Waals surface area contributed by atoms with E-state index in [9.17, 15) is 0 Å². The zero-order chi connectivity index (χ0) is 13.8. The number of pyridine rings is 1. The molecule has 0 radical (unpaired) electrons. The average Bonchev–Trinajstić information content (AvgIpc) is 2.97. The SMILES string of the molecule is COc1ccccc1CN1CCCC1c1cccnc1. The van der Waals surface area contributed by atoms with Gasteiger partial charge in [0.25, 0.3) is 0 Å². The zero-order valence-electron chi connectivity index (χ0n) is 11.8. The van der Waals surface area contributed by atoms with Gasteiger partial charge < -0.3 is 4.74 Å². The van der Waals surface area contributed by atoms with Crippen LogP contribution in [0.2, 0.25) is 0 Å². The first kappa shape index (κ1) is 13.1. The maximum Gasteiger partial charge on any atom is 0.123 e. The molecular formula is C17H20N2O. The molecule has 1 atom stereocenters. The Morgan fingerprint density at radius 3 is 2.95 bits per heavy atom. The first-order valence-electron chi connectivity index (χ1n) is 7.14. The lowest BCUT2D eigenvalue weighted by Crippen LogP contribution is -2.23. The van der Waals surface area contributed by atoms with E-state index in [1.54, 1.807) is 7.11 Å². The molecule has 20 heavy (non-hydrogen) atoms. The molecule has 3 heteroatoms. The number of aromatic nitrogens is 1. The van der Waals surface area contributed by atoms with Crippen molar-refractivity contribution in [1.29, 1.82) is 0 Å². The van der Waals surface area contributed by atoms with Crippen molar-refractivity contribution in [3.63, 3.8) is 0 Å². The van der Waals surface area contributed by atoms with Gasteiger partial charge in [0, 0.05) is 30.5 Å². The van der Waals surface area contributed by atoms with Crippen LogP contribution in [0.1, 0.15) is 30.0 Å². The molecule has 2 heterocycles. The molecule has 2 aromatic rings. The van der Waals surface area contributed by atoms with Gasteiger partial charge in [-0.25, -0.2) is 0 Å². The minimum absolute atomic E-state index is 0.480. The number of nitrogens with zero attached hydrogens (tertiary/aromatic N) is 2. The zero-order valence-corrected chi connectivity index (χ0v) is 11.8. The van der Waals surface area contributed by atoms with Gasteiger partial charge in [-0.1, -0.05) is 24.3 Å². The molecule has 1 aliphatic heterocycles. The predicted octanol–water partition coefficient (Wildman–Crippen LogP) is 3.43. The first-order valence-corrected chi connectivity index (χ1v) is 7.14. The second kappa shape index (κ2) is 6.06. The molecule has 0 saturated carbocycles. The lowest BCUT2D eigenvalue weighted by Gasteiger charge is -2.25. The van der Waals surface area contributed by atoms with Crippen LogP contribution in [0.15, 0.2) is 48.8 Å². The number of hydrogen-bond acceptors (Lipinski definition) is 3. The first-order chi connectivity index (χ1) is 9.88. The van der Waals surface area contributed by atoms with Gasteiger partial charge in [0.2, 0.25) is 0 Å². The molecule has 1 fully saturated rings. The average molecular weight is 268 g/mol. The van der Waals surface area contributed by atoms with Crippen LogP contribution in [-0.4, -0.2) is 23.5 Å². The Morgan fingerprint density at radius 2 is 2.15 bits per heavy atom. The Kier molecular flexibility index (Phi) is 3.97. The van der Waals surface area contributed by atoms with E-state index in [-0.39, 0.29) is 0 Å². The fourth-order valence-corrected chi connectivity index (χ4v) is 3.02. The molecule has 0 bridgehead atoms. The molecule has 104 valence electrons. The highest BCUT2D eigenvalue weighted by Crippen LogP contribution is 2.33. The molecule has 1 unspecified atom stereocenters. The molecule has 1 saturated heterocycles. The van der Waals surface area contributed by atoms with Crippen molar-refractivity contribution in [3.05, 3.63) is 59.9 Å². The van der Waals surface area contributed by atoms with Crippen LogP contribution in [0.5, 0.6) is 5.75 Å². The summed E-state index contributed by atoms with van der Waals surface area (Å²) in [6.45, 7) is 2.07. The van der Waals surface area contributed by atoms with E-state index in [1.807, 2.05) is 30.6 Å². The molecule has 3 rings (SSSR count). The minimum Gasteiger partial charge on any atom is -0.496 e. The number of rotatable bonds is 4. The summed E-state index contributed by atoms with van der Waals surface area (Å²) in [5, 5.41) is 0.